The SMILES string of the molecule is O=C(Nc1cccc(Cl)c1)c1ccc(Br)cc1Br. The molecule has 2 nitrogen and oxygen atoms in total. The van der Waals surface area contributed by atoms with Crippen LogP contribution in [-0.2, 0) is 0 Å². The van der Waals surface area contributed by atoms with Crippen LogP contribution in [0.15, 0.2) is 51.4 Å². The van der Waals surface area contributed by atoms with E-state index in [0.29, 0.717) is 16.3 Å². The van der Waals surface area contributed by atoms with Gasteiger partial charge in [-0.3, -0.25) is 4.79 Å². The molecule has 2 rings (SSSR count). The Morgan fingerprint density at radius 1 is 1.11 bits per heavy atom. The van der Waals surface area contributed by atoms with Crippen molar-refractivity contribution in [1.82, 2.24) is 0 Å². The van der Waals surface area contributed by atoms with Gasteiger partial charge in [-0.1, -0.05) is 33.6 Å². The van der Waals surface area contributed by atoms with E-state index in [-0.39, 0.29) is 5.91 Å². The van der Waals surface area contributed by atoms with Gasteiger partial charge in [0.1, 0.15) is 0 Å². The lowest BCUT2D eigenvalue weighted by Gasteiger charge is -2.07. The van der Waals surface area contributed by atoms with Crippen LogP contribution in [-0.4, -0.2) is 5.91 Å². The van der Waals surface area contributed by atoms with E-state index in [4.69, 9.17) is 11.6 Å². The van der Waals surface area contributed by atoms with Gasteiger partial charge in [0.2, 0.25) is 0 Å². The van der Waals surface area contributed by atoms with E-state index in [1.807, 2.05) is 12.1 Å². The number of hydrogen-bond acceptors (Lipinski definition) is 1. The molecule has 0 radical (unpaired) electrons. The molecule has 18 heavy (non-hydrogen) atoms. The first-order valence-electron chi connectivity index (χ1n) is 5.08. The minimum absolute atomic E-state index is 0.184. The van der Waals surface area contributed by atoms with Gasteiger partial charge >= 0.3 is 0 Å². The maximum absolute atomic E-state index is 12.1. The lowest BCUT2D eigenvalue weighted by atomic mass is 10.2. The van der Waals surface area contributed by atoms with E-state index in [0.717, 1.165) is 8.95 Å². The summed E-state index contributed by atoms with van der Waals surface area (Å²) in [4.78, 5) is 12.1. The van der Waals surface area contributed by atoms with E-state index >= 15 is 0 Å². The second-order valence-corrected chi connectivity index (χ2v) is 5.80. The molecule has 1 amide bonds. The fourth-order valence-electron chi connectivity index (χ4n) is 1.44. The van der Waals surface area contributed by atoms with Crippen molar-refractivity contribution in [2.24, 2.45) is 0 Å². The summed E-state index contributed by atoms with van der Waals surface area (Å²) in [6.45, 7) is 0. The Labute approximate surface area is 127 Å². The van der Waals surface area contributed by atoms with Gasteiger partial charge in [0.15, 0.2) is 0 Å². The summed E-state index contributed by atoms with van der Waals surface area (Å²) >= 11 is 12.6. The zero-order valence-electron chi connectivity index (χ0n) is 9.08. The number of benzene rings is 2. The Morgan fingerprint density at radius 2 is 1.89 bits per heavy atom. The van der Waals surface area contributed by atoms with Crippen molar-refractivity contribution in [3.05, 3.63) is 62.0 Å². The van der Waals surface area contributed by atoms with E-state index in [2.05, 4.69) is 37.2 Å². The Morgan fingerprint density at radius 3 is 2.56 bits per heavy atom. The van der Waals surface area contributed by atoms with Crippen molar-refractivity contribution in [2.75, 3.05) is 5.32 Å². The molecule has 0 atom stereocenters. The van der Waals surface area contributed by atoms with Gasteiger partial charge in [-0.05, 0) is 52.3 Å². The van der Waals surface area contributed by atoms with Crippen LogP contribution in [0.4, 0.5) is 5.69 Å². The molecule has 0 spiro atoms. The highest BCUT2D eigenvalue weighted by molar-refractivity contribution is 9.11. The van der Waals surface area contributed by atoms with Gasteiger partial charge < -0.3 is 5.32 Å². The summed E-state index contributed by atoms with van der Waals surface area (Å²) in [5.74, 6) is -0.184. The molecule has 0 saturated heterocycles. The molecule has 1 N–H and O–H groups in total. The molecule has 2 aromatic rings. The number of carbonyl (C=O) groups excluding carboxylic acids is 1. The van der Waals surface area contributed by atoms with Crippen molar-refractivity contribution >= 4 is 55.1 Å². The zero-order chi connectivity index (χ0) is 13.1. The third-order valence-corrected chi connectivity index (χ3v) is 3.64. The Hall–Kier alpha value is -0.840. The average Bonchev–Trinajstić information content (AvgIpc) is 2.28. The fourth-order valence-corrected chi connectivity index (χ4v) is 2.86. The molecule has 0 unspecified atom stereocenters. The molecular weight excluding hydrogens is 381 g/mol. The predicted octanol–water partition coefficient (Wildman–Crippen LogP) is 5.12. The van der Waals surface area contributed by atoms with Gasteiger partial charge in [-0.25, -0.2) is 0 Å². The Balaban J connectivity index is 2.22. The van der Waals surface area contributed by atoms with Gasteiger partial charge in [0, 0.05) is 19.7 Å². The first-order chi connectivity index (χ1) is 8.56. The topological polar surface area (TPSA) is 29.1 Å². The van der Waals surface area contributed by atoms with E-state index in [9.17, 15) is 4.79 Å². The summed E-state index contributed by atoms with van der Waals surface area (Å²) in [6.07, 6.45) is 0. The maximum atomic E-state index is 12.1. The van der Waals surface area contributed by atoms with Gasteiger partial charge in [0.05, 0.1) is 5.56 Å². The number of hydrogen-bond donors (Lipinski definition) is 1. The van der Waals surface area contributed by atoms with Crippen LogP contribution < -0.4 is 5.32 Å². The summed E-state index contributed by atoms with van der Waals surface area (Å²) in [6, 6.07) is 12.4. The van der Waals surface area contributed by atoms with Crippen molar-refractivity contribution in [1.29, 1.82) is 0 Å². The molecule has 2 aromatic carbocycles. The molecule has 92 valence electrons. The van der Waals surface area contributed by atoms with Crippen LogP contribution in [0, 0.1) is 0 Å². The Kier molecular flexibility index (Phi) is 4.43. The third kappa shape index (κ3) is 3.34. The quantitative estimate of drug-likeness (QED) is 0.759. The summed E-state index contributed by atoms with van der Waals surface area (Å²) < 4.78 is 1.64. The molecule has 0 saturated carbocycles. The third-order valence-electron chi connectivity index (χ3n) is 2.26. The summed E-state index contributed by atoms with van der Waals surface area (Å²) in [5, 5.41) is 3.38. The van der Waals surface area contributed by atoms with E-state index < -0.39 is 0 Å². The highest BCUT2D eigenvalue weighted by atomic mass is 79.9. The molecule has 0 aliphatic carbocycles. The van der Waals surface area contributed by atoms with Crippen LogP contribution in [0.5, 0.6) is 0 Å². The van der Waals surface area contributed by atoms with Crippen molar-refractivity contribution < 1.29 is 4.79 Å². The second-order valence-electron chi connectivity index (χ2n) is 3.59. The minimum Gasteiger partial charge on any atom is -0.322 e. The number of amides is 1. The average molecular weight is 389 g/mol. The molecule has 0 bridgehead atoms. The van der Waals surface area contributed by atoms with Gasteiger partial charge in [0.25, 0.3) is 5.91 Å². The monoisotopic (exact) mass is 387 g/mol. The highest BCUT2D eigenvalue weighted by Gasteiger charge is 2.10. The number of nitrogens with one attached hydrogen (secondary N) is 1. The minimum atomic E-state index is -0.184. The van der Waals surface area contributed by atoms with Crippen molar-refractivity contribution in [2.45, 2.75) is 0 Å². The predicted molar refractivity (Wildman–Crippen MR) is 81.2 cm³/mol. The number of halogens is 3. The fraction of sp³-hybridized carbons (Fsp3) is 0. The van der Waals surface area contributed by atoms with Crippen LogP contribution >= 0.6 is 43.5 Å². The lowest BCUT2D eigenvalue weighted by Crippen LogP contribution is -2.12. The highest BCUT2D eigenvalue weighted by Crippen LogP contribution is 2.23. The standard InChI is InChI=1S/C13H8Br2ClNO/c14-8-4-5-11(12(15)6-8)13(18)17-10-3-1-2-9(16)7-10/h1-7H,(H,17,18). The van der Waals surface area contributed by atoms with Crippen LogP contribution in [0.1, 0.15) is 10.4 Å². The molecule has 0 aromatic heterocycles. The summed E-state index contributed by atoms with van der Waals surface area (Å²) in [7, 11) is 0. The molecule has 5 heteroatoms. The van der Waals surface area contributed by atoms with Gasteiger partial charge in [-0.15, -0.1) is 0 Å². The number of anilines is 1. The van der Waals surface area contributed by atoms with Crippen LogP contribution in [0.2, 0.25) is 5.02 Å². The van der Waals surface area contributed by atoms with Crippen LogP contribution in [0.25, 0.3) is 0 Å². The maximum Gasteiger partial charge on any atom is 0.256 e. The normalized spacial score (nSPS) is 10.2. The number of carbonyl (C=O) groups is 1. The Bertz CT molecular complexity index is 601. The van der Waals surface area contributed by atoms with Crippen LogP contribution in [0.3, 0.4) is 0 Å². The van der Waals surface area contributed by atoms with Crippen molar-refractivity contribution in [3.63, 3.8) is 0 Å². The molecule has 0 heterocycles. The van der Waals surface area contributed by atoms with E-state index in [1.54, 1.807) is 30.3 Å². The van der Waals surface area contributed by atoms with Gasteiger partial charge in [-0.2, -0.15) is 0 Å². The number of rotatable bonds is 2. The lowest BCUT2D eigenvalue weighted by molar-refractivity contribution is 0.102. The first-order valence-corrected chi connectivity index (χ1v) is 7.04. The summed E-state index contributed by atoms with van der Waals surface area (Å²) in [5.41, 5.74) is 1.24. The molecule has 0 aliphatic heterocycles. The van der Waals surface area contributed by atoms with Crippen molar-refractivity contribution in [3.8, 4) is 0 Å². The second kappa shape index (κ2) is 5.87. The smallest absolute Gasteiger partial charge is 0.256 e. The first kappa shape index (κ1) is 13.6. The molecule has 0 aliphatic rings. The van der Waals surface area contributed by atoms with E-state index in [1.165, 1.54) is 0 Å². The molecular formula is C13H8Br2ClNO. The largest absolute Gasteiger partial charge is 0.322 e. The molecule has 0 fully saturated rings. The zero-order valence-corrected chi connectivity index (χ0v) is 13.0.